The van der Waals surface area contributed by atoms with E-state index >= 15 is 0 Å². The van der Waals surface area contributed by atoms with Crippen LogP contribution in [-0.4, -0.2) is 25.2 Å². The molecule has 0 saturated carbocycles. The van der Waals surface area contributed by atoms with E-state index in [4.69, 9.17) is 9.47 Å². The molecular weight excluding hydrogens is 280 g/mol. The van der Waals surface area contributed by atoms with Crippen molar-refractivity contribution in [3.63, 3.8) is 0 Å². The number of allylic oxidation sites excluding steroid dienone is 3. The molecule has 0 unspecified atom stereocenters. The molecule has 0 bridgehead atoms. The molecule has 22 heavy (non-hydrogen) atoms. The number of esters is 2. The van der Waals surface area contributed by atoms with Gasteiger partial charge in [0, 0.05) is 18.4 Å². The summed E-state index contributed by atoms with van der Waals surface area (Å²) in [5.41, 5.74) is 2.87. The van der Waals surface area contributed by atoms with E-state index in [0.29, 0.717) is 5.57 Å². The first-order chi connectivity index (χ1) is 10.3. The highest BCUT2D eigenvalue weighted by atomic mass is 16.5. The first-order valence-electron chi connectivity index (χ1n) is 7.64. The van der Waals surface area contributed by atoms with Crippen LogP contribution in [-0.2, 0) is 19.1 Å². The maximum atomic E-state index is 11.8. The number of carbonyl (C=O) groups is 2. The van der Waals surface area contributed by atoms with E-state index in [9.17, 15) is 9.59 Å². The van der Waals surface area contributed by atoms with Crippen molar-refractivity contribution in [1.82, 2.24) is 0 Å². The highest BCUT2D eigenvalue weighted by Gasteiger charge is 2.40. The third-order valence-corrected chi connectivity index (χ3v) is 4.84. The Balaban J connectivity index is 2.30. The van der Waals surface area contributed by atoms with Crippen LogP contribution >= 0.6 is 0 Å². The lowest BCUT2D eigenvalue weighted by Crippen LogP contribution is -2.37. The Morgan fingerprint density at radius 3 is 2.55 bits per heavy atom. The lowest BCUT2D eigenvalue weighted by molar-refractivity contribution is -0.145. The molecule has 0 radical (unpaired) electrons. The zero-order valence-corrected chi connectivity index (χ0v) is 13.7. The first-order valence-corrected chi connectivity index (χ1v) is 7.64. The minimum Gasteiger partial charge on any atom is -0.466 e. The van der Waals surface area contributed by atoms with Crippen molar-refractivity contribution >= 4 is 11.9 Å². The van der Waals surface area contributed by atoms with E-state index < -0.39 is 0 Å². The van der Waals surface area contributed by atoms with Crippen molar-refractivity contribution in [2.24, 2.45) is 17.8 Å². The van der Waals surface area contributed by atoms with Gasteiger partial charge >= 0.3 is 11.9 Å². The highest BCUT2D eigenvalue weighted by Crippen LogP contribution is 2.45. The molecule has 0 aliphatic heterocycles. The van der Waals surface area contributed by atoms with Crippen LogP contribution in [0.5, 0.6) is 0 Å². The summed E-state index contributed by atoms with van der Waals surface area (Å²) in [5, 5.41) is 0. The SMILES string of the molecule is C=C(C(=O)OC)[C@@H]1CC=C(C)[C@H]2C[C@H](OC(C)=O)C(C)=C[C@H]21. The van der Waals surface area contributed by atoms with Crippen LogP contribution in [0, 0.1) is 17.8 Å². The van der Waals surface area contributed by atoms with Crippen LogP contribution < -0.4 is 0 Å². The summed E-state index contributed by atoms with van der Waals surface area (Å²) < 4.78 is 10.2. The van der Waals surface area contributed by atoms with Gasteiger partial charge in [0.05, 0.1) is 7.11 Å². The Morgan fingerprint density at radius 1 is 1.27 bits per heavy atom. The molecule has 4 atom stereocenters. The lowest BCUT2D eigenvalue weighted by Gasteiger charge is -2.41. The first kappa shape index (κ1) is 16.5. The van der Waals surface area contributed by atoms with Gasteiger partial charge < -0.3 is 9.47 Å². The zero-order chi connectivity index (χ0) is 16.4. The van der Waals surface area contributed by atoms with E-state index in [0.717, 1.165) is 18.4 Å². The second kappa shape index (κ2) is 6.51. The minimum absolute atomic E-state index is 0.0504. The van der Waals surface area contributed by atoms with Crippen molar-refractivity contribution in [1.29, 1.82) is 0 Å². The predicted octanol–water partition coefficient (Wildman–Crippen LogP) is 3.20. The van der Waals surface area contributed by atoms with Crippen LogP contribution in [0.4, 0.5) is 0 Å². The van der Waals surface area contributed by atoms with Gasteiger partial charge in [-0.25, -0.2) is 4.79 Å². The van der Waals surface area contributed by atoms with Gasteiger partial charge in [-0.15, -0.1) is 0 Å². The van der Waals surface area contributed by atoms with Crippen molar-refractivity contribution in [3.8, 4) is 0 Å². The number of methoxy groups -OCH3 is 1. The Labute approximate surface area is 131 Å². The van der Waals surface area contributed by atoms with Gasteiger partial charge in [0.25, 0.3) is 0 Å². The largest absolute Gasteiger partial charge is 0.466 e. The smallest absolute Gasteiger partial charge is 0.333 e. The molecule has 0 aromatic heterocycles. The fourth-order valence-electron chi connectivity index (χ4n) is 3.61. The minimum atomic E-state index is -0.343. The second-order valence-electron chi connectivity index (χ2n) is 6.24. The van der Waals surface area contributed by atoms with E-state index in [1.165, 1.54) is 19.6 Å². The predicted molar refractivity (Wildman–Crippen MR) is 83.9 cm³/mol. The fourth-order valence-corrected chi connectivity index (χ4v) is 3.61. The molecule has 0 amide bonds. The quantitative estimate of drug-likeness (QED) is 0.456. The summed E-state index contributed by atoms with van der Waals surface area (Å²) in [6, 6.07) is 0. The van der Waals surface area contributed by atoms with E-state index in [-0.39, 0.29) is 35.8 Å². The fraction of sp³-hybridized carbons (Fsp3) is 0.556. The molecule has 0 saturated heterocycles. The molecule has 120 valence electrons. The zero-order valence-electron chi connectivity index (χ0n) is 13.7. The molecule has 4 heteroatoms. The Hall–Kier alpha value is -1.84. The molecule has 2 aliphatic rings. The number of fused-ring (bicyclic) bond motifs is 1. The summed E-state index contributed by atoms with van der Waals surface area (Å²) >= 11 is 0. The van der Waals surface area contributed by atoms with Gasteiger partial charge in [-0.2, -0.15) is 0 Å². The van der Waals surface area contributed by atoms with E-state index in [2.05, 4.69) is 25.7 Å². The summed E-state index contributed by atoms with van der Waals surface area (Å²) in [7, 11) is 1.38. The highest BCUT2D eigenvalue weighted by molar-refractivity contribution is 5.88. The Kier molecular flexibility index (Phi) is 4.89. The van der Waals surface area contributed by atoms with Gasteiger partial charge in [-0.05, 0) is 44.1 Å². The van der Waals surface area contributed by atoms with Crippen LogP contribution in [0.15, 0.2) is 35.5 Å². The molecule has 0 aromatic rings. The van der Waals surface area contributed by atoms with Crippen LogP contribution in [0.1, 0.15) is 33.6 Å². The average molecular weight is 304 g/mol. The molecule has 0 aromatic carbocycles. The second-order valence-corrected chi connectivity index (χ2v) is 6.24. The monoisotopic (exact) mass is 304 g/mol. The summed E-state index contributed by atoms with van der Waals surface area (Å²) in [6.07, 6.45) is 5.70. The van der Waals surface area contributed by atoms with Crippen LogP contribution in [0.2, 0.25) is 0 Å². The number of hydrogen-bond acceptors (Lipinski definition) is 4. The lowest BCUT2D eigenvalue weighted by atomic mass is 9.64. The molecule has 0 fully saturated rings. The number of carbonyl (C=O) groups excluding carboxylic acids is 2. The Bertz CT molecular complexity index is 555. The summed E-state index contributed by atoms with van der Waals surface area (Å²) in [5.74, 6) is -0.0694. The van der Waals surface area contributed by atoms with E-state index in [1.807, 2.05) is 6.92 Å². The summed E-state index contributed by atoms with van der Waals surface area (Å²) in [6.45, 7) is 9.46. The molecule has 0 N–H and O–H groups in total. The normalized spacial score (nSPS) is 30.5. The Morgan fingerprint density at radius 2 is 1.95 bits per heavy atom. The third kappa shape index (κ3) is 3.16. The molecule has 0 spiro atoms. The summed E-state index contributed by atoms with van der Waals surface area (Å²) in [4.78, 5) is 23.1. The third-order valence-electron chi connectivity index (χ3n) is 4.84. The maximum absolute atomic E-state index is 11.8. The average Bonchev–Trinajstić information content (AvgIpc) is 2.47. The van der Waals surface area contributed by atoms with Crippen molar-refractivity contribution in [2.45, 2.75) is 39.7 Å². The molecule has 4 nitrogen and oxygen atoms in total. The molecular formula is C18H24O4. The number of hydrogen-bond donors (Lipinski definition) is 0. The molecule has 2 rings (SSSR count). The maximum Gasteiger partial charge on any atom is 0.333 e. The topological polar surface area (TPSA) is 52.6 Å². The molecule has 2 aliphatic carbocycles. The van der Waals surface area contributed by atoms with Crippen molar-refractivity contribution in [3.05, 3.63) is 35.5 Å². The van der Waals surface area contributed by atoms with Crippen molar-refractivity contribution < 1.29 is 19.1 Å². The standard InChI is InChI=1S/C18H24O4/c1-10-6-7-14(12(3)18(20)21-5)16-8-11(2)17(9-15(10)16)22-13(4)19/h6,8,14-17H,3,7,9H2,1-2,4-5H3/t14-,15+,16-,17-/m0/s1. The van der Waals surface area contributed by atoms with Crippen LogP contribution in [0.25, 0.3) is 0 Å². The number of ether oxygens (including phenoxy) is 2. The van der Waals surface area contributed by atoms with Gasteiger partial charge in [0.2, 0.25) is 0 Å². The number of rotatable bonds is 3. The van der Waals surface area contributed by atoms with Gasteiger partial charge in [-0.3, -0.25) is 4.79 Å². The van der Waals surface area contributed by atoms with Crippen molar-refractivity contribution in [2.75, 3.05) is 7.11 Å². The van der Waals surface area contributed by atoms with Crippen LogP contribution in [0.3, 0.4) is 0 Å². The molecule has 0 heterocycles. The van der Waals surface area contributed by atoms with Gasteiger partial charge in [0.1, 0.15) is 6.10 Å². The van der Waals surface area contributed by atoms with Gasteiger partial charge in [0.15, 0.2) is 0 Å². The van der Waals surface area contributed by atoms with E-state index in [1.54, 1.807) is 0 Å². The van der Waals surface area contributed by atoms with Gasteiger partial charge in [-0.1, -0.05) is 24.3 Å².